The van der Waals surface area contributed by atoms with Crippen LogP contribution in [0.2, 0.25) is 0 Å². The van der Waals surface area contributed by atoms with Gasteiger partial charge in [-0.05, 0) is 18.9 Å². The molecule has 1 fully saturated rings. The first-order chi connectivity index (χ1) is 8.16. The fourth-order valence-electron chi connectivity index (χ4n) is 2.22. The second-order valence-electron chi connectivity index (χ2n) is 4.57. The first-order valence-corrected chi connectivity index (χ1v) is 5.99. The maximum absolute atomic E-state index is 13.4. The Hall–Kier alpha value is -0.970. The van der Waals surface area contributed by atoms with Crippen LogP contribution in [0.3, 0.4) is 0 Å². The van der Waals surface area contributed by atoms with Crippen molar-refractivity contribution in [2.24, 2.45) is 0 Å². The molecule has 1 aromatic carbocycles. The second kappa shape index (κ2) is 5.58. The van der Waals surface area contributed by atoms with E-state index in [1.165, 1.54) is 6.07 Å². The molecule has 2 unspecified atom stereocenters. The smallest absolute Gasteiger partial charge is 0.128 e. The second-order valence-corrected chi connectivity index (χ2v) is 4.57. The number of aliphatic hydroxyl groups excluding tert-OH is 2. The third-order valence-electron chi connectivity index (χ3n) is 3.23. The zero-order chi connectivity index (χ0) is 12.3. The molecule has 1 saturated heterocycles. The van der Waals surface area contributed by atoms with Gasteiger partial charge in [-0.25, -0.2) is 4.39 Å². The third kappa shape index (κ3) is 3.25. The fourth-order valence-corrected chi connectivity index (χ4v) is 2.22. The zero-order valence-corrected chi connectivity index (χ0v) is 9.72. The van der Waals surface area contributed by atoms with E-state index in [-0.39, 0.29) is 11.9 Å². The highest BCUT2D eigenvalue weighted by Gasteiger charge is 2.21. The quantitative estimate of drug-likeness (QED) is 0.832. The Morgan fingerprint density at radius 3 is 2.82 bits per heavy atom. The lowest BCUT2D eigenvalue weighted by atomic mass is 10.1. The van der Waals surface area contributed by atoms with E-state index in [4.69, 9.17) is 0 Å². The first-order valence-electron chi connectivity index (χ1n) is 5.99. The summed E-state index contributed by atoms with van der Waals surface area (Å²) in [6.07, 6.45) is 0.262. The molecule has 1 aliphatic heterocycles. The van der Waals surface area contributed by atoms with Crippen molar-refractivity contribution in [2.45, 2.75) is 25.0 Å². The van der Waals surface area contributed by atoms with E-state index in [9.17, 15) is 14.6 Å². The van der Waals surface area contributed by atoms with Crippen molar-refractivity contribution in [3.05, 3.63) is 35.6 Å². The maximum Gasteiger partial charge on any atom is 0.128 e. The van der Waals surface area contributed by atoms with Gasteiger partial charge in [-0.3, -0.25) is 0 Å². The van der Waals surface area contributed by atoms with Gasteiger partial charge >= 0.3 is 0 Å². The zero-order valence-electron chi connectivity index (χ0n) is 9.72. The lowest BCUT2D eigenvalue weighted by Crippen LogP contribution is -2.24. The van der Waals surface area contributed by atoms with Crippen LogP contribution in [-0.2, 0) is 0 Å². The fraction of sp³-hybridized carbons (Fsp3) is 0.538. The largest absolute Gasteiger partial charge is 0.392 e. The molecule has 2 rings (SSSR count). The summed E-state index contributed by atoms with van der Waals surface area (Å²) < 4.78 is 13.4. The molecule has 1 aliphatic rings. The predicted octanol–water partition coefficient (Wildman–Crippen LogP) is 1.32. The van der Waals surface area contributed by atoms with Crippen molar-refractivity contribution >= 4 is 0 Å². The molecular formula is C13H18FNO2. The van der Waals surface area contributed by atoms with Crippen molar-refractivity contribution in [2.75, 3.05) is 19.6 Å². The van der Waals surface area contributed by atoms with E-state index in [1.54, 1.807) is 18.2 Å². The third-order valence-corrected chi connectivity index (χ3v) is 3.23. The molecule has 0 radical (unpaired) electrons. The molecule has 0 spiro atoms. The molecule has 4 heteroatoms. The van der Waals surface area contributed by atoms with Crippen LogP contribution in [0, 0.1) is 5.82 Å². The summed E-state index contributed by atoms with van der Waals surface area (Å²) in [6.45, 7) is 2.20. The van der Waals surface area contributed by atoms with Crippen molar-refractivity contribution in [3.8, 4) is 0 Å². The minimum atomic E-state index is -0.769. The Morgan fingerprint density at radius 1 is 1.41 bits per heavy atom. The van der Waals surface area contributed by atoms with Crippen LogP contribution >= 0.6 is 0 Å². The summed E-state index contributed by atoms with van der Waals surface area (Å²) in [7, 11) is 0. The summed E-state index contributed by atoms with van der Waals surface area (Å²) in [5.74, 6) is -0.360. The van der Waals surface area contributed by atoms with Crippen molar-refractivity contribution in [1.29, 1.82) is 0 Å². The highest BCUT2D eigenvalue weighted by atomic mass is 19.1. The molecule has 17 heavy (non-hydrogen) atoms. The molecule has 2 N–H and O–H groups in total. The van der Waals surface area contributed by atoms with Crippen molar-refractivity contribution < 1.29 is 14.6 Å². The van der Waals surface area contributed by atoms with Crippen LogP contribution in [0.15, 0.2) is 24.3 Å². The summed E-state index contributed by atoms with van der Waals surface area (Å²) >= 11 is 0. The van der Waals surface area contributed by atoms with Crippen LogP contribution in [0.5, 0.6) is 0 Å². The van der Waals surface area contributed by atoms with Gasteiger partial charge in [0, 0.05) is 25.2 Å². The van der Waals surface area contributed by atoms with Crippen molar-refractivity contribution in [1.82, 2.24) is 4.90 Å². The SMILES string of the molecule is OC1CCN(CCC(O)c2ccccc2F)C1. The van der Waals surface area contributed by atoms with E-state index in [2.05, 4.69) is 4.90 Å². The molecular weight excluding hydrogens is 221 g/mol. The summed E-state index contributed by atoms with van der Waals surface area (Å²) in [4.78, 5) is 2.09. The summed E-state index contributed by atoms with van der Waals surface area (Å²) in [6, 6.07) is 6.31. The Bertz CT molecular complexity index is 372. The summed E-state index contributed by atoms with van der Waals surface area (Å²) in [5.41, 5.74) is 0.354. The van der Waals surface area contributed by atoms with Crippen molar-refractivity contribution in [3.63, 3.8) is 0 Å². The monoisotopic (exact) mass is 239 g/mol. The molecule has 2 atom stereocenters. The highest BCUT2D eigenvalue weighted by Crippen LogP contribution is 2.21. The number of rotatable bonds is 4. The number of hydrogen-bond acceptors (Lipinski definition) is 3. The molecule has 1 heterocycles. The standard InChI is InChI=1S/C13H18FNO2/c14-12-4-2-1-3-11(12)13(17)6-8-15-7-5-10(16)9-15/h1-4,10,13,16-17H,5-9H2. The van der Waals surface area contributed by atoms with Crippen LogP contribution < -0.4 is 0 Å². The lowest BCUT2D eigenvalue weighted by molar-refractivity contribution is 0.135. The minimum absolute atomic E-state index is 0.249. The first kappa shape index (κ1) is 12.5. The minimum Gasteiger partial charge on any atom is -0.392 e. The van der Waals surface area contributed by atoms with Gasteiger partial charge in [-0.2, -0.15) is 0 Å². The summed E-state index contributed by atoms with van der Waals surface area (Å²) in [5, 5.41) is 19.3. The normalized spacial score (nSPS) is 22.9. The number of benzene rings is 1. The van der Waals surface area contributed by atoms with Gasteiger partial charge in [-0.1, -0.05) is 18.2 Å². The highest BCUT2D eigenvalue weighted by molar-refractivity contribution is 5.19. The number of hydrogen-bond donors (Lipinski definition) is 2. The maximum atomic E-state index is 13.4. The van der Waals surface area contributed by atoms with Gasteiger partial charge in [0.2, 0.25) is 0 Å². The van der Waals surface area contributed by atoms with Gasteiger partial charge in [0.1, 0.15) is 5.82 Å². The van der Waals surface area contributed by atoms with Gasteiger partial charge in [0.15, 0.2) is 0 Å². The Labute approximate surface area is 100 Å². The van der Waals surface area contributed by atoms with E-state index in [0.717, 1.165) is 13.0 Å². The van der Waals surface area contributed by atoms with Gasteiger partial charge in [-0.15, -0.1) is 0 Å². The van der Waals surface area contributed by atoms with Crippen LogP contribution in [0.1, 0.15) is 24.5 Å². The number of halogens is 1. The average Bonchev–Trinajstić information content (AvgIpc) is 2.73. The van der Waals surface area contributed by atoms with Gasteiger partial charge in [0.25, 0.3) is 0 Å². The van der Waals surface area contributed by atoms with Crippen LogP contribution in [-0.4, -0.2) is 40.9 Å². The Kier molecular flexibility index (Phi) is 4.10. The predicted molar refractivity (Wildman–Crippen MR) is 63.0 cm³/mol. The van der Waals surface area contributed by atoms with Crippen LogP contribution in [0.4, 0.5) is 4.39 Å². The van der Waals surface area contributed by atoms with Gasteiger partial charge < -0.3 is 15.1 Å². The molecule has 3 nitrogen and oxygen atoms in total. The lowest BCUT2D eigenvalue weighted by Gasteiger charge is -2.18. The van der Waals surface area contributed by atoms with Gasteiger partial charge in [0.05, 0.1) is 12.2 Å². The number of likely N-dealkylation sites (tertiary alicyclic amines) is 1. The topological polar surface area (TPSA) is 43.7 Å². The molecule has 94 valence electrons. The molecule has 0 amide bonds. The number of nitrogens with zero attached hydrogens (tertiary/aromatic N) is 1. The average molecular weight is 239 g/mol. The molecule has 1 aromatic rings. The molecule has 0 bridgehead atoms. The van der Waals surface area contributed by atoms with E-state index < -0.39 is 6.10 Å². The number of aliphatic hydroxyl groups is 2. The van der Waals surface area contributed by atoms with E-state index >= 15 is 0 Å². The van der Waals surface area contributed by atoms with E-state index in [1.807, 2.05) is 0 Å². The molecule has 0 aromatic heterocycles. The molecule has 0 saturated carbocycles. The van der Waals surface area contributed by atoms with E-state index in [0.29, 0.717) is 25.1 Å². The Morgan fingerprint density at radius 2 is 2.18 bits per heavy atom. The Balaban J connectivity index is 1.85. The van der Waals surface area contributed by atoms with Crippen LogP contribution in [0.25, 0.3) is 0 Å². The number of β-amino-alcohol motifs (C(OH)–C–C–N with tert-alkyl or cyclic N) is 1. The molecule has 0 aliphatic carbocycles.